The maximum atomic E-state index is 12.9. The van der Waals surface area contributed by atoms with Gasteiger partial charge in [0, 0.05) is 12.8 Å². The Balaban J connectivity index is 4.06. The predicted molar refractivity (Wildman–Crippen MR) is 406 cm³/mol. The molecular weight excluding hydrogens is 1180 g/mol. The summed E-state index contributed by atoms with van der Waals surface area (Å²) in [4.78, 5) is 38.2. The van der Waals surface area contributed by atoms with Crippen LogP contribution in [0.25, 0.3) is 0 Å². The SMILES string of the molecule is CC/C=C\C/C=C\C/C=C\C/C=C\C/C=C\C/C=C\C/C=C\CCCCCCCCCCCCCCCC(=O)OCC(COP(=O)([O-])OCC[N+](C)(C)C)OC(=O)CCCCCCCCCCCCCCC/C=C\C/C=C\C/C=C\C/C=C\C/C=C\C/C=C\C/C=C\CC. The molecule has 0 spiro atoms. The molecule has 0 heterocycles. The van der Waals surface area contributed by atoms with E-state index in [4.69, 9.17) is 18.5 Å². The van der Waals surface area contributed by atoms with Gasteiger partial charge in [0.1, 0.15) is 19.8 Å². The van der Waals surface area contributed by atoms with Crippen molar-refractivity contribution in [1.82, 2.24) is 0 Å². The Kier molecular flexibility index (Phi) is 69.1. The minimum atomic E-state index is -4.66. The van der Waals surface area contributed by atoms with Gasteiger partial charge in [-0.25, -0.2) is 0 Å². The van der Waals surface area contributed by atoms with Crippen molar-refractivity contribution in [2.45, 2.75) is 302 Å². The average molecular weight is 1320 g/mol. The molecule has 0 bridgehead atoms. The van der Waals surface area contributed by atoms with E-state index in [-0.39, 0.29) is 32.0 Å². The highest BCUT2D eigenvalue weighted by atomic mass is 31.2. The van der Waals surface area contributed by atoms with E-state index in [1.807, 2.05) is 21.1 Å². The second kappa shape index (κ2) is 72.6. The van der Waals surface area contributed by atoms with E-state index in [2.05, 4.69) is 184 Å². The van der Waals surface area contributed by atoms with Crippen LogP contribution in [-0.2, 0) is 32.7 Å². The Bertz CT molecular complexity index is 2200. The molecule has 0 fully saturated rings. The van der Waals surface area contributed by atoms with Crippen LogP contribution in [-0.4, -0.2) is 70.0 Å². The van der Waals surface area contributed by atoms with Gasteiger partial charge < -0.3 is 27.9 Å². The molecule has 10 heteroatoms. The minimum absolute atomic E-state index is 0.0379. The summed E-state index contributed by atoms with van der Waals surface area (Å²) < 4.78 is 34.4. The van der Waals surface area contributed by atoms with E-state index >= 15 is 0 Å². The molecule has 0 aliphatic heterocycles. The van der Waals surface area contributed by atoms with Crippen LogP contribution in [0.5, 0.6) is 0 Å². The first-order valence-corrected chi connectivity index (χ1v) is 39.3. The van der Waals surface area contributed by atoms with Crippen LogP contribution in [0.3, 0.4) is 0 Å². The summed E-state index contributed by atoms with van der Waals surface area (Å²) in [6.45, 7) is 4.01. The number of allylic oxidation sites excluding steroid dienone is 28. The number of phosphoric acid groups is 1. The number of carbonyl (C=O) groups excluding carboxylic acids is 2. The molecule has 0 N–H and O–H groups in total. The normalized spacial score (nSPS) is 14.1. The zero-order valence-electron chi connectivity index (χ0n) is 60.8. The number of carbonyl (C=O) groups is 2. The molecular formula is C84H140NO8P. The van der Waals surface area contributed by atoms with E-state index in [9.17, 15) is 19.0 Å². The van der Waals surface area contributed by atoms with Gasteiger partial charge in [-0.2, -0.15) is 0 Å². The molecule has 534 valence electrons. The van der Waals surface area contributed by atoms with Crippen molar-refractivity contribution >= 4 is 19.8 Å². The number of quaternary nitrogens is 1. The van der Waals surface area contributed by atoms with Crippen LogP contribution in [0.15, 0.2) is 170 Å². The van der Waals surface area contributed by atoms with Crippen molar-refractivity contribution in [2.24, 2.45) is 0 Å². The topological polar surface area (TPSA) is 111 Å². The van der Waals surface area contributed by atoms with Gasteiger partial charge in [-0.3, -0.25) is 14.2 Å². The van der Waals surface area contributed by atoms with Crippen molar-refractivity contribution in [3.05, 3.63) is 170 Å². The number of phosphoric ester groups is 1. The van der Waals surface area contributed by atoms with Crippen LogP contribution < -0.4 is 4.89 Å². The number of unbranched alkanes of at least 4 members (excludes halogenated alkanes) is 26. The maximum absolute atomic E-state index is 12.9. The first-order valence-electron chi connectivity index (χ1n) is 37.8. The lowest BCUT2D eigenvalue weighted by Gasteiger charge is -2.28. The second-order valence-electron chi connectivity index (χ2n) is 25.9. The van der Waals surface area contributed by atoms with Gasteiger partial charge in [0.2, 0.25) is 0 Å². The smallest absolute Gasteiger partial charge is 0.306 e. The fourth-order valence-electron chi connectivity index (χ4n) is 10.0. The monoisotopic (exact) mass is 1320 g/mol. The lowest BCUT2D eigenvalue weighted by molar-refractivity contribution is -0.870. The molecule has 2 unspecified atom stereocenters. The number of nitrogens with zero attached hydrogens (tertiary/aromatic N) is 1. The highest BCUT2D eigenvalue weighted by molar-refractivity contribution is 7.45. The summed E-state index contributed by atoms with van der Waals surface area (Å²) in [5.74, 6) is -0.838. The van der Waals surface area contributed by atoms with Crippen molar-refractivity contribution in [1.29, 1.82) is 0 Å². The Morgan fingerprint density at radius 2 is 0.574 bits per heavy atom. The number of hydrogen-bond donors (Lipinski definition) is 0. The van der Waals surface area contributed by atoms with E-state index < -0.39 is 26.5 Å². The Labute approximate surface area is 578 Å². The van der Waals surface area contributed by atoms with E-state index in [1.165, 1.54) is 128 Å². The maximum Gasteiger partial charge on any atom is 0.306 e. The molecule has 0 aliphatic rings. The van der Waals surface area contributed by atoms with Gasteiger partial charge in [0.05, 0.1) is 27.7 Å². The zero-order valence-corrected chi connectivity index (χ0v) is 61.7. The lowest BCUT2D eigenvalue weighted by atomic mass is 10.0. The fourth-order valence-corrected chi connectivity index (χ4v) is 10.8. The summed E-state index contributed by atoms with van der Waals surface area (Å²) in [5, 5.41) is 0. The van der Waals surface area contributed by atoms with Crippen LogP contribution in [0.1, 0.15) is 296 Å². The molecule has 9 nitrogen and oxygen atoms in total. The summed E-state index contributed by atoms with van der Waals surface area (Å²) in [5.41, 5.74) is 0. The summed E-state index contributed by atoms with van der Waals surface area (Å²) in [6, 6.07) is 0. The van der Waals surface area contributed by atoms with Crippen LogP contribution >= 0.6 is 7.82 Å². The van der Waals surface area contributed by atoms with Crippen LogP contribution in [0, 0.1) is 0 Å². The molecule has 0 aromatic heterocycles. The molecule has 0 amide bonds. The molecule has 0 saturated heterocycles. The Morgan fingerprint density at radius 1 is 0.330 bits per heavy atom. The summed E-state index contributed by atoms with van der Waals surface area (Å²) in [7, 11) is 1.15. The number of ether oxygens (including phenoxy) is 2. The van der Waals surface area contributed by atoms with Gasteiger partial charge in [0.25, 0.3) is 7.82 Å². The van der Waals surface area contributed by atoms with Gasteiger partial charge in [-0.05, 0) is 128 Å². The number of hydrogen-bond acceptors (Lipinski definition) is 8. The highest BCUT2D eigenvalue weighted by Crippen LogP contribution is 2.38. The first kappa shape index (κ1) is 89.4. The third kappa shape index (κ3) is 76.4. The largest absolute Gasteiger partial charge is 0.756 e. The lowest BCUT2D eigenvalue weighted by Crippen LogP contribution is -2.37. The van der Waals surface area contributed by atoms with E-state index in [1.54, 1.807) is 0 Å². The van der Waals surface area contributed by atoms with E-state index in [0.29, 0.717) is 17.4 Å². The standard InChI is InChI=1S/C84H140NO8P/c1-6-8-10-12-14-16-18-20-22-24-26-28-30-32-34-36-38-40-42-44-46-48-50-52-54-56-58-60-62-64-66-68-70-72-74-76-83(86)90-80-82(81-92-94(88,89)91-79-78-85(3,4)5)93-84(87)77-75-73-71-69-67-65-63-61-59-57-55-53-51-49-47-45-43-41-39-37-35-33-31-29-27-25-23-21-19-17-15-13-11-9-7-2/h8-11,14-17,20-23,26-29,32-35,38-41,44-47,82H,6-7,12-13,18-19,24-25,30-31,36-37,42-43,48-81H2,1-5H3/b10-8-,11-9-,16-14-,17-15-,22-20-,23-21-,28-26-,29-27-,34-32-,35-33-,40-38-,41-39-,46-44-,47-45-. The first-order chi connectivity index (χ1) is 46.0. The molecule has 0 aromatic rings. The van der Waals surface area contributed by atoms with Crippen LogP contribution in [0.4, 0.5) is 0 Å². The van der Waals surface area contributed by atoms with E-state index in [0.717, 1.165) is 135 Å². The fraction of sp³-hybridized carbons (Fsp3) is 0.643. The Hall–Kier alpha value is -4.63. The molecule has 0 rings (SSSR count). The number of esters is 2. The van der Waals surface area contributed by atoms with Crippen molar-refractivity contribution < 1.29 is 42.1 Å². The van der Waals surface area contributed by atoms with Crippen molar-refractivity contribution in [3.8, 4) is 0 Å². The van der Waals surface area contributed by atoms with Crippen molar-refractivity contribution in [2.75, 3.05) is 47.5 Å². The molecule has 0 radical (unpaired) electrons. The number of likely N-dealkylation sites (N-methyl/N-ethyl adjacent to an activating group) is 1. The average Bonchev–Trinajstić information content (AvgIpc) is 2.35. The van der Waals surface area contributed by atoms with Gasteiger partial charge in [-0.1, -0.05) is 325 Å². The Morgan fingerprint density at radius 3 is 0.851 bits per heavy atom. The van der Waals surface area contributed by atoms with Gasteiger partial charge in [0.15, 0.2) is 6.10 Å². The third-order valence-electron chi connectivity index (χ3n) is 15.7. The van der Waals surface area contributed by atoms with Crippen LogP contribution in [0.2, 0.25) is 0 Å². The predicted octanol–water partition coefficient (Wildman–Crippen LogP) is 24.6. The highest BCUT2D eigenvalue weighted by Gasteiger charge is 2.22. The molecule has 0 aliphatic carbocycles. The molecule has 94 heavy (non-hydrogen) atoms. The summed E-state index contributed by atoms with van der Waals surface area (Å²) >= 11 is 0. The molecule has 2 atom stereocenters. The van der Waals surface area contributed by atoms with Crippen molar-refractivity contribution in [3.63, 3.8) is 0 Å². The second-order valence-corrected chi connectivity index (χ2v) is 27.3. The summed E-state index contributed by atoms with van der Waals surface area (Å²) in [6.07, 6.45) is 110. The molecule has 0 saturated carbocycles. The third-order valence-corrected chi connectivity index (χ3v) is 16.7. The number of rotatable bonds is 68. The van der Waals surface area contributed by atoms with Gasteiger partial charge >= 0.3 is 11.9 Å². The van der Waals surface area contributed by atoms with Gasteiger partial charge in [-0.15, -0.1) is 0 Å². The molecule has 0 aromatic carbocycles. The zero-order chi connectivity index (χ0) is 68.3. The quantitative estimate of drug-likeness (QED) is 0.0195. The minimum Gasteiger partial charge on any atom is -0.756 e.